The maximum absolute atomic E-state index is 12.2. The van der Waals surface area contributed by atoms with Gasteiger partial charge in [0.2, 0.25) is 0 Å². The molecule has 1 N–H and O–H groups in total. The predicted octanol–water partition coefficient (Wildman–Crippen LogP) is 3.67. The molecule has 0 atom stereocenters. The molecule has 0 unspecified atom stereocenters. The molecule has 2 heterocycles. The number of aromatic nitrogens is 2. The number of carbonyl (C=O) groups is 2. The zero-order chi connectivity index (χ0) is 19.2. The molecule has 0 aliphatic heterocycles. The zero-order valence-electron chi connectivity index (χ0n) is 15.3. The number of benzene rings is 1. The van der Waals surface area contributed by atoms with Crippen LogP contribution in [0.5, 0.6) is 0 Å². The lowest BCUT2D eigenvalue weighted by atomic mass is 10.3. The van der Waals surface area contributed by atoms with E-state index in [4.69, 9.17) is 4.74 Å². The average Bonchev–Trinajstić information content (AvgIpc) is 3.29. The first kappa shape index (κ1) is 18.8. The van der Waals surface area contributed by atoms with Crippen molar-refractivity contribution in [2.75, 3.05) is 11.9 Å². The first-order valence-corrected chi connectivity index (χ1v) is 9.52. The van der Waals surface area contributed by atoms with Crippen LogP contribution >= 0.6 is 11.3 Å². The van der Waals surface area contributed by atoms with Gasteiger partial charge in [-0.25, -0.2) is 4.68 Å². The van der Waals surface area contributed by atoms with E-state index in [9.17, 15) is 9.59 Å². The summed E-state index contributed by atoms with van der Waals surface area (Å²) >= 11 is 1.60. The number of thiophene rings is 1. The lowest BCUT2D eigenvalue weighted by Crippen LogP contribution is -2.21. The van der Waals surface area contributed by atoms with Gasteiger partial charge in [0, 0.05) is 4.88 Å². The molecule has 6 nitrogen and oxygen atoms in total. The summed E-state index contributed by atoms with van der Waals surface area (Å²) in [5.41, 5.74) is 3.07. The maximum atomic E-state index is 12.2. The SMILES string of the molecule is Cc1nn(-c2ccccc2)c(C)c1NC(=O)COC(=O)CCc1cccs1. The molecule has 0 saturated carbocycles. The van der Waals surface area contributed by atoms with Crippen molar-refractivity contribution < 1.29 is 14.3 Å². The van der Waals surface area contributed by atoms with Gasteiger partial charge < -0.3 is 10.1 Å². The Labute approximate surface area is 161 Å². The van der Waals surface area contributed by atoms with Crippen LogP contribution in [-0.4, -0.2) is 28.3 Å². The third-order valence-corrected chi connectivity index (χ3v) is 5.01. The topological polar surface area (TPSA) is 73.2 Å². The van der Waals surface area contributed by atoms with Gasteiger partial charge in [-0.3, -0.25) is 9.59 Å². The molecule has 7 heteroatoms. The zero-order valence-corrected chi connectivity index (χ0v) is 16.1. The summed E-state index contributed by atoms with van der Waals surface area (Å²) in [5.74, 6) is -0.759. The normalized spacial score (nSPS) is 10.6. The molecule has 1 amide bonds. The number of rotatable bonds is 7. The molecule has 3 rings (SSSR count). The molecule has 0 saturated heterocycles. The van der Waals surface area contributed by atoms with Crippen molar-refractivity contribution in [2.45, 2.75) is 26.7 Å². The standard InChI is InChI=1S/C20H21N3O3S/c1-14-20(15(2)23(22-14)16-7-4-3-5-8-16)21-18(24)13-26-19(25)11-10-17-9-6-12-27-17/h3-9,12H,10-11,13H2,1-2H3,(H,21,24). The fourth-order valence-corrected chi connectivity index (χ4v) is 3.43. The van der Waals surface area contributed by atoms with Crippen LogP contribution in [0.4, 0.5) is 5.69 Å². The summed E-state index contributed by atoms with van der Waals surface area (Å²) in [4.78, 5) is 25.1. The fourth-order valence-electron chi connectivity index (χ4n) is 2.72. The summed E-state index contributed by atoms with van der Waals surface area (Å²) in [6.07, 6.45) is 0.887. The quantitative estimate of drug-likeness (QED) is 0.632. The monoisotopic (exact) mass is 383 g/mol. The van der Waals surface area contributed by atoms with E-state index in [1.807, 2.05) is 61.7 Å². The second kappa shape index (κ2) is 8.64. The Bertz CT molecular complexity index is 918. The van der Waals surface area contributed by atoms with Gasteiger partial charge in [-0.1, -0.05) is 24.3 Å². The molecule has 140 valence electrons. The van der Waals surface area contributed by atoms with Crippen molar-refractivity contribution in [1.82, 2.24) is 9.78 Å². The van der Waals surface area contributed by atoms with Crippen molar-refractivity contribution in [3.63, 3.8) is 0 Å². The van der Waals surface area contributed by atoms with Crippen molar-refractivity contribution in [3.05, 3.63) is 64.1 Å². The number of carbonyl (C=O) groups excluding carboxylic acids is 2. The van der Waals surface area contributed by atoms with Crippen LogP contribution in [0.1, 0.15) is 22.7 Å². The number of para-hydroxylation sites is 1. The summed E-state index contributed by atoms with van der Waals surface area (Å²) in [6.45, 7) is 3.41. The lowest BCUT2D eigenvalue weighted by molar-refractivity contribution is -0.147. The minimum absolute atomic E-state index is 0.262. The van der Waals surface area contributed by atoms with Gasteiger partial charge in [-0.2, -0.15) is 5.10 Å². The van der Waals surface area contributed by atoms with Crippen molar-refractivity contribution >= 4 is 28.9 Å². The largest absolute Gasteiger partial charge is 0.456 e. The predicted molar refractivity (Wildman–Crippen MR) is 105 cm³/mol. The highest BCUT2D eigenvalue weighted by Gasteiger charge is 2.16. The number of hydrogen-bond acceptors (Lipinski definition) is 5. The summed E-state index contributed by atoms with van der Waals surface area (Å²) in [6, 6.07) is 13.6. The minimum Gasteiger partial charge on any atom is -0.456 e. The molecular weight excluding hydrogens is 362 g/mol. The molecule has 0 radical (unpaired) electrons. The Balaban J connectivity index is 1.55. The van der Waals surface area contributed by atoms with Gasteiger partial charge in [-0.15, -0.1) is 11.3 Å². The molecule has 0 fully saturated rings. The smallest absolute Gasteiger partial charge is 0.306 e. The summed E-state index contributed by atoms with van der Waals surface area (Å²) in [7, 11) is 0. The van der Waals surface area contributed by atoms with Crippen LogP contribution in [0.2, 0.25) is 0 Å². The van der Waals surface area contributed by atoms with Gasteiger partial charge in [0.05, 0.1) is 29.2 Å². The van der Waals surface area contributed by atoms with Crippen LogP contribution in [0, 0.1) is 13.8 Å². The Hall–Kier alpha value is -2.93. The molecule has 1 aromatic carbocycles. The first-order valence-electron chi connectivity index (χ1n) is 8.64. The van der Waals surface area contributed by atoms with Crippen molar-refractivity contribution in [1.29, 1.82) is 0 Å². The number of nitrogens with zero attached hydrogens (tertiary/aromatic N) is 2. The van der Waals surface area contributed by atoms with E-state index in [1.165, 1.54) is 0 Å². The van der Waals surface area contributed by atoms with E-state index in [1.54, 1.807) is 16.0 Å². The van der Waals surface area contributed by atoms with Crippen LogP contribution in [0.15, 0.2) is 47.8 Å². The van der Waals surface area contributed by atoms with Gasteiger partial charge in [0.25, 0.3) is 5.91 Å². The number of amides is 1. The summed E-state index contributed by atoms with van der Waals surface area (Å²) < 4.78 is 6.85. The number of anilines is 1. The van der Waals surface area contributed by atoms with Crippen LogP contribution in [0.3, 0.4) is 0 Å². The van der Waals surface area contributed by atoms with Gasteiger partial charge in [0.1, 0.15) is 0 Å². The second-order valence-electron chi connectivity index (χ2n) is 6.08. The van der Waals surface area contributed by atoms with Crippen molar-refractivity contribution in [2.24, 2.45) is 0 Å². The number of ether oxygens (including phenoxy) is 1. The van der Waals surface area contributed by atoms with E-state index >= 15 is 0 Å². The van der Waals surface area contributed by atoms with E-state index < -0.39 is 0 Å². The number of hydrogen-bond donors (Lipinski definition) is 1. The molecule has 27 heavy (non-hydrogen) atoms. The fraction of sp³-hybridized carbons (Fsp3) is 0.250. The van der Waals surface area contributed by atoms with Crippen LogP contribution in [-0.2, 0) is 20.7 Å². The van der Waals surface area contributed by atoms with E-state index in [0.717, 1.165) is 16.3 Å². The van der Waals surface area contributed by atoms with E-state index in [-0.39, 0.29) is 24.9 Å². The molecule has 0 bridgehead atoms. The van der Waals surface area contributed by atoms with E-state index in [0.29, 0.717) is 17.8 Å². The molecule has 2 aromatic heterocycles. The molecule has 0 aliphatic rings. The Morgan fingerprint density at radius 1 is 1.15 bits per heavy atom. The molecule has 0 spiro atoms. The molecule has 0 aliphatic carbocycles. The lowest BCUT2D eigenvalue weighted by Gasteiger charge is -2.08. The average molecular weight is 383 g/mol. The van der Waals surface area contributed by atoms with Crippen molar-refractivity contribution in [3.8, 4) is 5.69 Å². The summed E-state index contributed by atoms with van der Waals surface area (Å²) in [5, 5.41) is 9.24. The third kappa shape index (κ3) is 4.83. The van der Waals surface area contributed by atoms with E-state index in [2.05, 4.69) is 10.4 Å². The third-order valence-electron chi connectivity index (χ3n) is 4.08. The van der Waals surface area contributed by atoms with Gasteiger partial charge >= 0.3 is 5.97 Å². The highest BCUT2D eigenvalue weighted by molar-refractivity contribution is 7.09. The minimum atomic E-state index is -0.382. The number of aryl methyl sites for hydroxylation is 2. The molecular formula is C20H21N3O3S. The first-order chi connectivity index (χ1) is 13.0. The second-order valence-corrected chi connectivity index (χ2v) is 7.11. The number of esters is 1. The highest BCUT2D eigenvalue weighted by atomic mass is 32.1. The van der Waals surface area contributed by atoms with Gasteiger partial charge in [0.15, 0.2) is 6.61 Å². The molecule has 3 aromatic rings. The van der Waals surface area contributed by atoms with Crippen LogP contribution < -0.4 is 5.32 Å². The van der Waals surface area contributed by atoms with Gasteiger partial charge in [-0.05, 0) is 43.8 Å². The van der Waals surface area contributed by atoms with Crippen LogP contribution in [0.25, 0.3) is 5.69 Å². The Morgan fingerprint density at radius 3 is 2.63 bits per heavy atom. The maximum Gasteiger partial charge on any atom is 0.306 e. The Kier molecular flexibility index (Phi) is 6.03. The number of nitrogens with one attached hydrogen (secondary N) is 1. The highest BCUT2D eigenvalue weighted by Crippen LogP contribution is 2.22. The Morgan fingerprint density at radius 2 is 1.93 bits per heavy atom.